The third-order valence-electron chi connectivity index (χ3n) is 3.39. The second kappa shape index (κ2) is 6.99. The molecule has 3 amide bonds. The highest BCUT2D eigenvalue weighted by Gasteiger charge is 2.32. The van der Waals surface area contributed by atoms with Crippen molar-refractivity contribution in [2.24, 2.45) is 0 Å². The van der Waals surface area contributed by atoms with E-state index < -0.39 is 24.0 Å². The zero-order chi connectivity index (χ0) is 17.0. The molecule has 23 heavy (non-hydrogen) atoms. The van der Waals surface area contributed by atoms with Gasteiger partial charge in [0.25, 0.3) is 5.91 Å². The van der Waals surface area contributed by atoms with Gasteiger partial charge in [0.15, 0.2) is 6.10 Å². The van der Waals surface area contributed by atoms with Crippen LogP contribution in [0.3, 0.4) is 0 Å². The molecule has 1 atom stereocenters. The molecule has 1 saturated heterocycles. The first kappa shape index (κ1) is 16.6. The van der Waals surface area contributed by atoms with E-state index >= 15 is 0 Å². The number of urea groups is 1. The molecule has 0 bridgehead atoms. The van der Waals surface area contributed by atoms with Gasteiger partial charge in [-0.2, -0.15) is 0 Å². The van der Waals surface area contributed by atoms with Gasteiger partial charge in [0.1, 0.15) is 17.1 Å². The number of amides is 3. The number of nitrogens with zero attached hydrogens (tertiary/aromatic N) is 1. The third-order valence-corrected chi connectivity index (χ3v) is 3.39. The number of imide groups is 1. The molecule has 1 fully saturated rings. The van der Waals surface area contributed by atoms with Gasteiger partial charge < -0.3 is 19.5 Å². The number of carbonyl (C=O) groups is 3. The molecule has 0 spiro atoms. The van der Waals surface area contributed by atoms with Crippen LogP contribution in [0.4, 0.5) is 4.79 Å². The standard InChI is InChI=1S/C15H18N2O6/c1-9(13(18)17-8-7-16-15(17)20)23-14(19)12-10(21-2)5-4-6-11(12)22-3/h4-6,9H,7-8H2,1-3H3,(H,16,20)/t9-/m0/s1. The first-order valence-electron chi connectivity index (χ1n) is 7.00. The average molecular weight is 322 g/mol. The van der Waals surface area contributed by atoms with Crippen LogP contribution in [0.5, 0.6) is 11.5 Å². The molecule has 1 N–H and O–H groups in total. The van der Waals surface area contributed by atoms with E-state index in [0.29, 0.717) is 6.54 Å². The molecule has 1 aliphatic heterocycles. The van der Waals surface area contributed by atoms with Crippen molar-refractivity contribution >= 4 is 17.9 Å². The third kappa shape index (κ3) is 3.36. The molecule has 124 valence electrons. The number of hydrogen-bond acceptors (Lipinski definition) is 6. The fourth-order valence-electron chi connectivity index (χ4n) is 2.22. The van der Waals surface area contributed by atoms with Crippen molar-refractivity contribution in [3.05, 3.63) is 23.8 Å². The summed E-state index contributed by atoms with van der Waals surface area (Å²) in [5, 5.41) is 2.51. The Labute approximate surface area is 133 Å². The Morgan fingerprint density at radius 3 is 2.30 bits per heavy atom. The fraction of sp³-hybridized carbons (Fsp3) is 0.400. The summed E-state index contributed by atoms with van der Waals surface area (Å²) in [6.45, 7) is 2.04. The Balaban J connectivity index is 2.15. The van der Waals surface area contributed by atoms with Crippen LogP contribution in [0.2, 0.25) is 0 Å². The molecule has 0 aliphatic carbocycles. The molecular formula is C15H18N2O6. The summed E-state index contributed by atoms with van der Waals surface area (Å²) in [5.74, 6) is -0.803. The lowest BCUT2D eigenvalue weighted by molar-refractivity contribution is -0.136. The fourth-order valence-corrected chi connectivity index (χ4v) is 2.22. The zero-order valence-corrected chi connectivity index (χ0v) is 13.1. The smallest absolute Gasteiger partial charge is 0.346 e. The van der Waals surface area contributed by atoms with Crippen LogP contribution in [0.15, 0.2) is 18.2 Å². The van der Waals surface area contributed by atoms with Crippen molar-refractivity contribution < 1.29 is 28.6 Å². The summed E-state index contributed by atoms with van der Waals surface area (Å²) in [7, 11) is 2.82. The van der Waals surface area contributed by atoms with E-state index in [-0.39, 0.29) is 23.6 Å². The number of nitrogens with one attached hydrogen (secondary N) is 1. The minimum absolute atomic E-state index is 0.0861. The van der Waals surface area contributed by atoms with E-state index in [9.17, 15) is 14.4 Å². The number of ether oxygens (including phenoxy) is 3. The predicted octanol–water partition coefficient (Wildman–Crippen LogP) is 0.801. The van der Waals surface area contributed by atoms with E-state index in [1.807, 2.05) is 0 Å². The van der Waals surface area contributed by atoms with Crippen molar-refractivity contribution in [3.8, 4) is 11.5 Å². The molecular weight excluding hydrogens is 304 g/mol. The number of esters is 1. The van der Waals surface area contributed by atoms with Gasteiger partial charge in [-0.3, -0.25) is 9.69 Å². The van der Waals surface area contributed by atoms with Crippen LogP contribution >= 0.6 is 0 Å². The summed E-state index contributed by atoms with van der Waals surface area (Å²) in [4.78, 5) is 37.0. The second-order valence-corrected chi connectivity index (χ2v) is 4.81. The highest BCUT2D eigenvalue weighted by molar-refractivity contribution is 6.01. The Kier molecular flexibility index (Phi) is 5.05. The van der Waals surface area contributed by atoms with Gasteiger partial charge in [-0.25, -0.2) is 9.59 Å². The van der Waals surface area contributed by atoms with Gasteiger partial charge in [0, 0.05) is 13.1 Å². The van der Waals surface area contributed by atoms with Gasteiger partial charge in [-0.15, -0.1) is 0 Å². The topological polar surface area (TPSA) is 94.2 Å². The molecule has 1 heterocycles. The van der Waals surface area contributed by atoms with Gasteiger partial charge in [0.2, 0.25) is 0 Å². The van der Waals surface area contributed by atoms with E-state index in [1.54, 1.807) is 18.2 Å². The van der Waals surface area contributed by atoms with E-state index in [2.05, 4.69) is 5.32 Å². The second-order valence-electron chi connectivity index (χ2n) is 4.81. The van der Waals surface area contributed by atoms with Gasteiger partial charge in [-0.1, -0.05) is 6.07 Å². The van der Waals surface area contributed by atoms with Crippen molar-refractivity contribution in [3.63, 3.8) is 0 Å². The first-order chi connectivity index (χ1) is 11.0. The largest absolute Gasteiger partial charge is 0.496 e. The number of rotatable bonds is 5. The maximum atomic E-state index is 12.4. The maximum Gasteiger partial charge on any atom is 0.346 e. The molecule has 0 radical (unpaired) electrons. The van der Waals surface area contributed by atoms with Crippen LogP contribution < -0.4 is 14.8 Å². The van der Waals surface area contributed by atoms with Crippen molar-refractivity contribution in [2.75, 3.05) is 27.3 Å². The average Bonchev–Trinajstić information content (AvgIpc) is 2.98. The Bertz CT molecular complexity index is 608. The Hall–Kier alpha value is -2.77. The molecule has 0 saturated carbocycles. The monoisotopic (exact) mass is 322 g/mol. The number of methoxy groups -OCH3 is 2. The van der Waals surface area contributed by atoms with Crippen molar-refractivity contribution in [1.29, 1.82) is 0 Å². The van der Waals surface area contributed by atoms with E-state index in [4.69, 9.17) is 14.2 Å². The van der Waals surface area contributed by atoms with Gasteiger partial charge in [0.05, 0.1) is 14.2 Å². The van der Waals surface area contributed by atoms with Crippen molar-refractivity contribution in [1.82, 2.24) is 10.2 Å². The molecule has 8 heteroatoms. The molecule has 1 aromatic carbocycles. The van der Waals surface area contributed by atoms with Gasteiger partial charge in [-0.05, 0) is 19.1 Å². The summed E-state index contributed by atoms with van der Waals surface area (Å²) < 4.78 is 15.4. The van der Waals surface area contributed by atoms with E-state index in [0.717, 1.165) is 4.90 Å². The minimum Gasteiger partial charge on any atom is -0.496 e. The SMILES string of the molecule is COc1cccc(OC)c1C(=O)O[C@@H](C)C(=O)N1CCNC1=O. The summed E-state index contributed by atoms with van der Waals surface area (Å²) in [5.41, 5.74) is 0.0861. The zero-order valence-electron chi connectivity index (χ0n) is 13.1. The molecule has 1 aromatic rings. The lowest BCUT2D eigenvalue weighted by Crippen LogP contribution is -2.41. The molecule has 2 rings (SSSR count). The first-order valence-corrected chi connectivity index (χ1v) is 7.00. The van der Waals surface area contributed by atoms with Crippen molar-refractivity contribution in [2.45, 2.75) is 13.0 Å². The summed E-state index contributed by atoms with van der Waals surface area (Å²) >= 11 is 0. The van der Waals surface area contributed by atoms with Crippen LogP contribution in [0.25, 0.3) is 0 Å². The van der Waals surface area contributed by atoms with Crippen LogP contribution in [-0.2, 0) is 9.53 Å². The van der Waals surface area contributed by atoms with Crippen LogP contribution in [-0.4, -0.2) is 56.2 Å². The highest BCUT2D eigenvalue weighted by atomic mass is 16.6. The molecule has 0 aromatic heterocycles. The minimum atomic E-state index is -1.11. The molecule has 0 unspecified atom stereocenters. The summed E-state index contributed by atoms with van der Waals surface area (Å²) in [6.07, 6.45) is -1.11. The van der Waals surface area contributed by atoms with Crippen LogP contribution in [0.1, 0.15) is 17.3 Å². The van der Waals surface area contributed by atoms with Gasteiger partial charge >= 0.3 is 12.0 Å². The van der Waals surface area contributed by atoms with Crippen LogP contribution in [0, 0.1) is 0 Å². The van der Waals surface area contributed by atoms with E-state index in [1.165, 1.54) is 21.1 Å². The number of benzene rings is 1. The highest BCUT2D eigenvalue weighted by Crippen LogP contribution is 2.29. The maximum absolute atomic E-state index is 12.4. The Morgan fingerprint density at radius 1 is 1.22 bits per heavy atom. The lowest BCUT2D eigenvalue weighted by atomic mass is 10.1. The normalized spacial score (nSPS) is 14.9. The molecule has 8 nitrogen and oxygen atoms in total. The summed E-state index contributed by atoms with van der Waals surface area (Å²) in [6, 6.07) is 4.34. The quantitative estimate of drug-likeness (QED) is 0.806. The molecule has 1 aliphatic rings. The lowest BCUT2D eigenvalue weighted by Gasteiger charge is -2.19. The Morgan fingerprint density at radius 2 is 1.83 bits per heavy atom. The predicted molar refractivity (Wildman–Crippen MR) is 79.5 cm³/mol. The number of hydrogen-bond donors (Lipinski definition) is 1. The number of carbonyl (C=O) groups excluding carboxylic acids is 3.